The van der Waals surface area contributed by atoms with E-state index in [-0.39, 0.29) is 17.4 Å². The number of amides is 1. The van der Waals surface area contributed by atoms with Gasteiger partial charge in [0.2, 0.25) is 0 Å². The average molecular weight is 298 g/mol. The van der Waals surface area contributed by atoms with E-state index in [1.54, 1.807) is 18.4 Å². The number of piperidine rings is 1. The Bertz CT molecular complexity index is 789. The molecule has 5 heteroatoms. The summed E-state index contributed by atoms with van der Waals surface area (Å²) in [5, 5.41) is 0. The average Bonchev–Trinajstić information content (AvgIpc) is 2.93. The van der Waals surface area contributed by atoms with E-state index in [1.165, 1.54) is 0 Å². The van der Waals surface area contributed by atoms with Crippen LogP contribution in [-0.2, 0) is 6.54 Å². The van der Waals surface area contributed by atoms with Gasteiger partial charge in [-0.2, -0.15) is 0 Å². The molecule has 4 heterocycles. The fourth-order valence-corrected chi connectivity index (χ4v) is 3.84. The van der Waals surface area contributed by atoms with E-state index in [9.17, 15) is 9.59 Å². The van der Waals surface area contributed by atoms with E-state index in [2.05, 4.69) is 0 Å². The Labute approximate surface area is 128 Å². The van der Waals surface area contributed by atoms with Gasteiger partial charge in [-0.15, -0.1) is 0 Å². The van der Waals surface area contributed by atoms with Crippen molar-refractivity contribution in [3.63, 3.8) is 0 Å². The fourth-order valence-electron chi connectivity index (χ4n) is 3.84. The summed E-state index contributed by atoms with van der Waals surface area (Å²) in [6, 6.07) is 7.18. The predicted molar refractivity (Wildman–Crippen MR) is 80.9 cm³/mol. The number of furan rings is 1. The number of rotatable bonds is 1. The molecule has 2 aliphatic heterocycles. The Balaban J connectivity index is 1.65. The smallest absolute Gasteiger partial charge is 0.257 e. The molecular formula is C17H18N2O3. The highest BCUT2D eigenvalue weighted by molar-refractivity contribution is 5.95. The Hall–Kier alpha value is -2.30. The van der Waals surface area contributed by atoms with Gasteiger partial charge in [0.25, 0.3) is 11.5 Å². The molecule has 0 unspecified atom stereocenters. The number of aryl methyl sites for hydroxylation is 1. The number of pyridine rings is 1. The molecule has 2 bridgehead atoms. The van der Waals surface area contributed by atoms with Crippen molar-refractivity contribution in [1.29, 1.82) is 0 Å². The van der Waals surface area contributed by atoms with Crippen LogP contribution in [0.3, 0.4) is 0 Å². The highest BCUT2D eigenvalue weighted by Gasteiger charge is 2.36. The zero-order valence-electron chi connectivity index (χ0n) is 12.5. The van der Waals surface area contributed by atoms with Crippen LogP contribution >= 0.6 is 0 Å². The number of aromatic nitrogens is 1. The third-order valence-electron chi connectivity index (χ3n) is 4.86. The van der Waals surface area contributed by atoms with Crippen LogP contribution in [0.4, 0.5) is 0 Å². The predicted octanol–water partition coefficient (Wildman–Crippen LogP) is 2.01. The summed E-state index contributed by atoms with van der Waals surface area (Å²) in [4.78, 5) is 26.6. The van der Waals surface area contributed by atoms with Crippen LogP contribution < -0.4 is 5.56 Å². The molecule has 114 valence electrons. The van der Waals surface area contributed by atoms with Crippen LogP contribution in [0.15, 0.2) is 39.7 Å². The standard InChI is InChI=1S/C17H18N2O3/c1-11-14(5-6-22-11)17(21)18-8-12-7-13(10-18)15-3-2-4-16(20)19(15)9-12/h2-6,12-13H,7-10H2,1H3/t12-,13+/m0/s1. The monoisotopic (exact) mass is 298 g/mol. The van der Waals surface area contributed by atoms with Crippen LogP contribution in [0.25, 0.3) is 0 Å². The first kappa shape index (κ1) is 13.4. The van der Waals surface area contributed by atoms with Crippen molar-refractivity contribution in [2.45, 2.75) is 25.8 Å². The summed E-state index contributed by atoms with van der Waals surface area (Å²) >= 11 is 0. The number of likely N-dealkylation sites (tertiary alicyclic amines) is 1. The van der Waals surface area contributed by atoms with Gasteiger partial charge in [0, 0.05) is 37.3 Å². The summed E-state index contributed by atoms with van der Waals surface area (Å²) in [6.45, 7) is 3.90. The molecule has 1 fully saturated rings. The lowest BCUT2D eigenvalue weighted by molar-refractivity contribution is 0.0593. The van der Waals surface area contributed by atoms with Gasteiger partial charge in [-0.3, -0.25) is 9.59 Å². The van der Waals surface area contributed by atoms with Gasteiger partial charge in [0.05, 0.1) is 11.8 Å². The van der Waals surface area contributed by atoms with Gasteiger partial charge in [0.1, 0.15) is 5.76 Å². The molecule has 0 spiro atoms. The zero-order valence-corrected chi connectivity index (χ0v) is 12.5. The molecule has 4 rings (SSSR count). The van der Waals surface area contributed by atoms with Gasteiger partial charge in [-0.25, -0.2) is 0 Å². The van der Waals surface area contributed by atoms with Crippen molar-refractivity contribution in [2.24, 2.45) is 5.92 Å². The minimum absolute atomic E-state index is 0.0349. The van der Waals surface area contributed by atoms with Crippen molar-refractivity contribution in [3.05, 3.63) is 57.9 Å². The first-order valence-corrected chi connectivity index (χ1v) is 7.66. The van der Waals surface area contributed by atoms with Crippen molar-refractivity contribution in [2.75, 3.05) is 13.1 Å². The molecule has 5 nitrogen and oxygen atoms in total. The molecule has 1 amide bonds. The van der Waals surface area contributed by atoms with E-state index in [4.69, 9.17) is 4.42 Å². The fraction of sp³-hybridized carbons (Fsp3) is 0.412. The summed E-state index contributed by atoms with van der Waals surface area (Å²) in [5.41, 5.74) is 1.77. The van der Waals surface area contributed by atoms with Gasteiger partial charge >= 0.3 is 0 Å². The lowest BCUT2D eigenvalue weighted by Crippen LogP contribution is -2.49. The normalized spacial score (nSPS) is 23.2. The second-order valence-corrected chi connectivity index (χ2v) is 6.30. The highest BCUT2D eigenvalue weighted by atomic mass is 16.3. The van der Waals surface area contributed by atoms with Crippen molar-refractivity contribution in [3.8, 4) is 0 Å². The maximum Gasteiger partial charge on any atom is 0.257 e. The van der Waals surface area contributed by atoms with Gasteiger partial charge in [0.15, 0.2) is 0 Å². The molecule has 0 N–H and O–H groups in total. The molecule has 1 saturated heterocycles. The van der Waals surface area contributed by atoms with Crippen LogP contribution in [0.1, 0.15) is 34.2 Å². The van der Waals surface area contributed by atoms with Crippen molar-refractivity contribution in [1.82, 2.24) is 9.47 Å². The second-order valence-electron chi connectivity index (χ2n) is 6.30. The highest BCUT2D eigenvalue weighted by Crippen LogP contribution is 2.35. The van der Waals surface area contributed by atoms with Crippen LogP contribution in [0.2, 0.25) is 0 Å². The van der Waals surface area contributed by atoms with Crippen molar-refractivity contribution >= 4 is 5.91 Å². The largest absolute Gasteiger partial charge is 0.469 e. The van der Waals surface area contributed by atoms with Crippen LogP contribution in [0, 0.1) is 12.8 Å². The molecule has 2 aliphatic rings. The van der Waals surface area contributed by atoms with E-state index >= 15 is 0 Å². The maximum atomic E-state index is 12.7. The molecule has 2 aromatic rings. The molecule has 0 aliphatic carbocycles. The van der Waals surface area contributed by atoms with E-state index in [0.29, 0.717) is 36.9 Å². The minimum atomic E-state index is 0.0349. The van der Waals surface area contributed by atoms with Crippen molar-refractivity contribution < 1.29 is 9.21 Å². The Morgan fingerprint density at radius 2 is 2.09 bits per heavy atom. The molecule has 0 radical (unpaired) electrons. The number of nitrogens with zero attached hydrogens (tertiary/aromatic N) is 2. The number of hydrogen-bond donors (Lipinski definition) is 0. The third kappa shape index (κ3) is 2.00. The molecule has 2 aromatic heterocycles. The first-order chi connectivity index (χ1) is 10.6. The lowest BCUT2D eigenvalue weighted by Gasteiger charge is -2.42. The topological polar surface area (TPSA) is 55.5 Å². The Kier molecular flexibility index (Phi) is 2.96. The third-order valence-corrected chi connectivity index (χ3v) is 4.86. The van der Waals surface area contributed by atoms with Crippen LogP contribution in [0.5, 0.6) is 0 Å². The van der Waals surface area contributed by atoms with Gasteiger partial charge in [-0.1, -0.05) is 6.07 Å². The number of carbonyl (C=O) groups excluding carboxylic acids is 1. The summed E-state index contributed by atoms with van der Waals surface area (Å²) in [5.74, 6) is 1.30. The number of carbonyl (C=O) groups is 1. The molecule has 2 atom stereocenters. The minimum Gasteiger partial charge on any atom is -0.469 e. The molecule has 0 saturated carbocycles. The molecule has 0 aromatic carbocycles. The second kappa shape index (κ2) is 4.87. The number of hydrogen-bond acceptors (Lipinski definition) is 3. The summed E-state index contributed by atoms with van der Waals surface area (Å²) < 4.78 is 7.13. The maximum absolute atomic E-state index is 12.7. The molecule has 22 heavy (non-hydrogen) atoms. The quantitative estimate of drug-likeness (QED) is 0.809. The molecular weight excluding hydrogens is 280 g/mol. The Morgan fingerprint density at radius 1 is 1.23 bits per heavy atom. The summed E-state index contributed by atoms with van der Waals surface area (Å²) in [6.07, 6.45) is 2.61. The van der Waals surface area contributed by atoms with E-state index in [1.807, 2.05) is 28.5 Å². The van der Waals surface area contributed by atoms with E-state index < -0.39 is 0 Å². The number of fused-ring (bicyclic) bond motifs is 4. The van der Waals surface area contributed by atoms with Crippen LogP contribution in [-0.4, -0.2) is 28.5 Å². The Morgan fingerprint density at radius 3 is 2.86 bits per heavy atom. The lowest BCUT2D eigenvalue weighted by atomic mass is 9.83. The first-order valence-electron chi connectivity index (χ1n) is 7.66. The SMILES string of the molecule is Cc1occc1C(=O)N1C[C@@H]2C[C@H](C1)c1cccc(=O)n1C2. The summed E-state index contributed by atoms with van der Waals surface area (Å²) in [7, 11) is 0. The van der Waals surface area contributed by atoms with Gasteiger partial charge < -0.3 is 13.9 Å². The van der Waals surface area contributed by atoms with E-state index in [0.717, 1.165) is 12.1 Å². The zero-order chi connectivity index (χ0) is 15.3. The van der Waals surface area contributed by atoms with Gasteiger partial charge in [-0.05, 0) is 31.4 Å².